The Morgan fingerprint density at radius 2 is 1.60 bits per heavy atom. The Balaban J connectivity index is 0.000000187. The molecule has 0 aromatic heterocycles. The monoisotopic (exact) mass is 206 g/mol. The molecule has 0 heterocycles. The Bertz CT molecular complexity index is 279. The molecule has 1 aliphatic rings. The standard InChI is InChI=1S/C6H7BO3.C5H8/c8-7(9)10-6-4-2-1-3-5-6;1-2-4-5-3-1/h1-5,8-9H;1-2H,3-5H2. The van der Waals surface area contributed by atoms with Gasteiger partial charge in [0.05, 0.1) is 0 Å². The quantitative estimate of drug-likeness (QED) is 0.572. The van der Waals surface area contributed by atoms with E-state index in [2.05, 4.69) is 16.8 Å². The molecule has 0 saturated carbocycles. The van der Waals surface area contributed by atoms with Gasteiger partial charge in [-0.15, -0.1) is 0 Å². The smallest absolute Gasteiger partial charge is 0.512 e. The topological polar surface area (TPSA) is 49.7 Å². The summed E-state index contributed by atoms with van der Waals surface area (Å²) < 4.78 is 4.53. The summed E-state index contributed by atoms with van der Waals surface area (Å²) >= 11 is 0. The first-order valence-corrected chi connectivity index (χ1v) is 5.02. The summed E-state index contributed by atoms with van der Waals surface area (Å²) in [6, 6.07) is 8.59. The molecule has 3 nitrogen and oxygen atoms in total. The molecule has 1 aromatic rings. The molecule has 2 rings (SSSR count). The first-order chi connectivity index (χ1) is 7.29. The van der Waals surface area contributed by atoms with Crippen LogP contribution in [0.15, 0.2) is 42.5 Å². The molecular weight excluding hydrogens is 191 g/mol. The number of rotatable bonds is 2. The molecule has 0 aliphatic heterocycles. The molecule has 0 bridgehead atoms. The Labute approximate surface area is 90.2 Å². The fourth-order valence-electron chi connectivity index (χ4n) is 1.21. The minimum atomic E-state index is -1.73. The SMILES string of the molecule is C1=CCCC1.OB(O)Oc1ccccc1. The number of allylic oxidation sites excluding steroid dienone is 2. The fraction of sp³-hybridized carbons (Fsp3) is 0.273. The molecule has 15 heavy (non-hydrogen) atoms. The van der Waals surface area contributed by atoms with Gasteiger partial charge in [-0.3, -0.25) is 0 Å². The maximum absolute atomic E-state index is 8.34. The van der Waals surface area contributed by atoms with Crippen LogP contribution in [-0.2, 0) is 0 Å². The van der Waals surface area contributed by atoms with Crippen LogP contribution in [0.1, 0.15) is 19.3 Å². The van der Waals surface area contributed by atoms with E-state index < -0.39 is 7.32 Å². The summed E-state index contributed by atoms with van der Waals surface area (Å²) in [5.74, 6) is 0.442. The molecule has 1 aromatic carbocycles. The van der Waals surface area contributed by atoms with E-state index in [-0.39, 0.29) is 0 Å². The minimum Gasteiger partial charge on any atom is -0.512 e. The van der Waals surface area contributed by atoms with Gasteiger partial charge in [0.2, 0.25) is 0 Å². The molecule has 80 valence electrons. The van der Waals surface area contributed by atoms with Crippen molar-refractivity contribution >= 4 is 7.32 Å². The van der Waals surface area contributed by atoms with Crippen molar-refractivity contribution in [3.8, 4) is 5.75 Å². The predicted octanol–water partition coefficient (Wildman–Crippen LogP) is 1.76. The number of benzene rings is 1. The van der Waals surface area contributed by atoms with E-state index >= 15 is 0 Å². The Kier molecular flexibility index (Phi) is 5.59. The number of hydrogen-bond acceptors (Lipinski definition) is 3. The normalized spacial score (nSPS) is 12.9. The molecule has 0 unspecified atom stereocenters. The van der Waals surface area contributed by atoms with Crippen LogP contribution < -0.4 is 4.65 Å². The van der Waals surface area contributed by atoms with E-state index in [1.807, 2.05) is 6.07 Å². The van der Waals surface area contributed by atoms with Crippen LogP contribution in [-0.4, -0.2) is 17.4 Å². The van der Waals surface area contributed by atoms with Crippen molar-refractivity contribution in [2.24, 2.45) is 0 Å². The van der Waals surface area contributed by atoms with Crippen molar-refractivity contribution in [1.82, 2.24) is 0 Å². The fourth-order valence-corrected chi connectivity index (χ4v) is 1.21. The number of hydrogen-bond donors (Lipinski definition) is 2. The third-order valence-corrected chi connectivity index (χ3v) is 1.89. The van der Waals surface area contributed by atoms with Gasteiger partial charge in [-0.1, -0.05) is 30.4 Å². The zero-order valence-corrected chi connectivity index (χ0v) is 8.54. The van der Waals surface area contributed by atoms with Gasteiger partial charge in [-0.05, 0) is 31.4 Å². The Morgan fingerprint density at radius 3 is 2.00 bits per heavy atom. The zero-order chi connectivity index (χ0) is 10.9. The molecular formula is C11H15BO3. The molecule has 0 fully saturated rings. The molecule has 4 heteroatoms. The maximum atomic E-state index is 8.34. The Hall–Kier alpha value is -1.26. The molecule has 1 aliphatic carbocycles. The van der Waals surface area contributed by atoms with Crippen LogP contribution >= 0.6 is 0 Å². The van der Waals surface area contributed by atoms with Gasteiger partial charge in [-0.2, -0.15) is 0 Å². The van der Waals surface area contributed by atoms with E-state index in [1.165, 1.54) is 19.3 Å². The summed E-state index contributed by atoms with van der Waals surface area (Å²) in [6.45, 7) is 0. The van der Waals surface area contributed by atoms with Crippen LogP contribution in [0, 0.1) is 0 Å². The van der Waals surface area contributed by atoms with Crippen LogP contribution in [0.25, 0.3) is 0 Å². The average Bonchev–Trinajstić information content (AvgIpc) is 2.76. The zero-order valence-electron chi connectivity index (χ0n) is 8.54. The van der Waals surface area contributed by atoms with Gasteiger partial charge in [-0.25, -0.2) is 0 Å². The van der Waals surface area contributed by atoms with Gasteiger partial charge in [0, 0.05) is 0 Å². The highest BCUT2D eigenvalue weighted by molar-refractivity contribution is 6.33. The van der Waals surface area contributed by atoms with E-state index in [0.717, 1.165) is 0 Å². The maximum Gasteiger partial charge on any atom is 0.707 e. The first kappa shape index (κ1) is 11.8. The van der Waals surface area contributed by atoms with E-state index in [1.54, 1.807) is 24.3 Å². The van der Waals surface area contributed by atoms with Crippen molar-refractivity contribution in [2.75, 3.05) is 0 Å². The van der Waals surface area contributed by atoms with Crippen LogP contribution in [0.2, 0.25) is 0 Å². The first-order valence-electron chi connectivity index (χ1n) is 5.02. The Morgan fingerprint density at radius 1 is 1.00 bits per heavy atom. The lowest BCUT2D eigenvalue weighted by Crippen LogP contribution is -2.20. The molecule has 0 amide bonds. The average molecular weight is 206 g/mol. The van der Waals surface area contributed by atoms with Crippen molar-refractivity contribution < 1.29 is 14.7 Å². The number of para-hydroxylation sites is 1. The van der Waals surface area contributed by atoms with Gasteiger partial charge >= 0.3 is 7.32 Å². The van der Waals surface area contributed by atoms with Crippen LogP contribution in [0.3, 0.4) is 0 Å². The molecule has 2 N–H and O–H groups in total. The van der Waals surface area contributed by atoms with Gasteiger partial charge in [0.25, 0.3) is 0 Å². The highest BCUT2D eigenvalue weighted by Gasteiger charge is 2.09. The lowest BCUT2D eigenvalue weighted by molar-refractivity contribution is 0.288. The molecule has 0 spiro atoms. The minimum absolute atomic E-state index is 0.442. The summed E-state index contributed by atoms with van der Waals surface area (Å²) in [6.07, 6.45) is 8.50. The molecule has 0 radical (unpaired) electrons. The second-order valence-electron chi connectivity index (χ2n) is 3.16. The van der Waals surface area contributed by atoms with Crippen molar-refractivity contribution in [2.45, 2.75) is 19.3 Å². The summed E-state index contributed by atoms with van der Waals surface area (Å²) in [5.41, 5.74) is 0. The third kappa shape index (κ3) is 5.94. The van der Waals surface area contributed by atoms with Crippen LogP contribution in [0.5, 0.6) is 5.75 Å². The lowest BCUT2D eigenvalue weighted by Gasteiger charge is -2.01. The molecule has 0 saturated heterocycles. The largest absolute Gasteiger partial charge is 0.707 e. The van der Waals surface area contributed by atoms with Gasteiger partial charge in [0.15, 0.2) is 0 Å². The summed E-state index contributed by atoms with van der Waals surface area (Å²) in [4.78, 5) is 0. The van der Waals surface area contributed by atoms with Gasteiger partial charge in [0.1, 0.15) is 5.75 Å². The molecule has 0 atom stereocenters. The van der Waals surface area contributed by atoms with Crippen molar-refractivity contribution in [3.63, 3.8) is 0 Å². The highest BCUT2D eigenvalue weighted by atomic mass is 16.6. The van der Waals surface area contributed by atoms with Crippen LogP contribution in [0.4, 0.5) is 0 Å². The highest BCUT2D eigenvalue weighted by Crippen LogP contribution is 2.07. The second kappa shape index (κ2) is 7.09. The van der Waals surface area contributed by atoms with Crippen molar-refractivity contribution in [3.05, 3.63) is 42.5 Å². The second-order valence-corrected chi connectivity index (χ2v) is 3.16. The van der Waals surface area contributed by atoms with E-state index in [4.69, 9.17) is 10.0 Å². The van der Waals surface area contributed by atoms with E-state index in [9.17, 15) is 0 Å². The van der Waals surface area contributed by atoms with Crippen molar-refractivity contribution in [1.29, 1.82) is 0 Å². The van der Waals surface area contributed by atoms with Gasteiger partial charge < -0.3 is 14.7 Å². The van der Waals surface area contributed by atoms with E-state index in [0.29, 0.717) is 5.75 Å². The summed E-state index contributed by atoms with van der Waals surface area (Å²) in [5, 5.41) is 16.7. The lowest BCUT2D eigenvalue weighted by atomic mass is 10.2. The third-order valence-electron chi connectivity index (χ3n) is 1.89. The predicted molar refractivity (Wildman–Crippen MR) is 60.3 cm³/mol. The summed E-state index contributed by atoms with van der Waals surface area (Å²) in [7, 11) is -1.73.